The zero-order valence-electron chi connectivity index (χ0n) is 22.7. The number of pyridine rings is 2. The normalized spacial score (nSPS) is 21.7. The summed E-state index contributed by atoms with van der Waals surface area (Å²) in [5.41, 5.74) is 7.15. The van der Waals surface area contributed by atoms with Crippen LogP contribution in [0.3, 0.4) is 0 Å². The third-order valence-electron chi connectivity index (χ3n) is 8.32. The monoisotopic (exact) mass is 720 g/mol. The van der Waals surface area contributed by atoms with E-state index in [2.05, 4.69) is 15.8 Å². The summed E-state index contributed by atoms with van der Waals surface area (Å²) in [6.07, 6.45) is 2.60. The number of hydrazine groups is 1. The van der Waals surface area contributed by atoms with E-state index in [1.165, 1.54) is 6.07 Å². The van der Waals surface area contributed by atoms with Gasteiger partial charge in [0, 0.05) is 63.5 Å². The van der Waals surface area contributed by atoms with Gasteiger partial charge in [-0.3, -0.25) is 20.4 Å². The molecule has 2 amide bonds. The van der Waals surface area contributed by atoms with Crippen molar-refractivity contribution in [1.29, 1.82) is 0 Å². The number of hydrogen-bond acceptors (Lipinski definition) is 6. The van der Waals surface area contributed by atoms with E-state index >= 15 is 0 Å². The van der Waals surface area contributed by atoms with E-state index in [9.17, 15) is 27.2 Å². The molecule has 4 aliphatic rings. The summed E-state index contributed by atoms with van der Waals surface area (Å²) in [4.78, 5) is 39.4. The molecule has 14 heteroatoms. The molecule has 2 saturated carbocycles. The number of carbonyl (C=O) groups excluding carboxylic acids is 2. The number of alkyl halides is 4. The maximum atomic E-state index is 13.9. The topological polar surface area (TPSA) is 90.5 Å². The minimum absolute atomic E-state index is 0.00917. The summed E-state index contributed by atoms with van der Waals surface area (Å²) >= 11 is 8.13. The predicted octanol–water partition coefficient (Wildman–Crippen LogP) is 6.04. The van der Waals surface area contributed by atoms with E-state index in [0.717, 1.165) is 36.9 Å². The van der Waals surface area contributed by atoms with Gasteiger partial charge in [-0.25, -0.2) is 27.5 Å². The van der Waals surface area contributed by atoms with E-state index in [0.29, 0.717) is 21.2 Å². The summed E-state index contributed by atoms with van der Waals surface area (Å²) in [6, 6.07) is 3.31. The average molecular weight is 721 g/mol. The van der Waals surface area contributed by atoms with Crippen molar-refractivity contribution in [2.45, 2.75) is 75.0 Å². The van der Waals surface area contributed by atoms with Crippen LogP contribution in [0.25, 0.3) is 0 Å². The molecule has 8 nitrogen and oxygen atoms in total. The Kier molecular flexibility index (Phi) is 7.94. The summed E-state index contributed by atoms with van der Waals surface area (Å²) in [5.74, 6) is -5.72. The van der Waals surface area contributed by atoms with Gasteiger partial charge >= 0.3 is 0 Å². The average Bonchev–Trinajstić information content (AvgIpc) is 3.86. The minimum Gasteiger partial charge on any atom is -0.355 e. The molecule has 0 unspecified atom stereocenters. The number of halogens is 6. The molecular weight excluding hydrogens is 691 g/mol. The fourth-order valence-electron chi connectivity index (χ4n) is 5.55. The largest absolute Gasteiger partial charge is 0.355 e. The molecule has 2 aliphatic heterocycles. The number of anilines is 2. The number of nitrogens with zero attached hydrogens (tertiary/aromatic N) is 4. The lowest BCUT2D eigenvalue weighted by Gasteiger charge is -2.34. The zero-order valence-corrected chi connectivity index (χ0v) is 25.6. The Balaban J connectivity index is 1.25. The van der Waals surface area contributed by atoms with Gasteiger partial charge < -0.3 is 9.80 Å². The summed E-state index contributed by atoms with van der Waals surface area (Å²) in [6.45, 7) is 0.106. The standard InChI is InChI=1S/C28H30ClF4IN6O2/c29-22-20(34)14-19(24(36-22)40-11-7-28(32,33)8-12-40)26(42)38-37-25(41)18-13-17(15-1-2-15)21(16-3-4-16)35-23(18)39-9-5-27(30,31)6-10-39/h13-16H,1-12H2,(H,37,41)(H,38,42). The molecule has 2 N–H and O–H groups in total. The van der Waals surface area contributed by atoms with Crippen LogP contribution in [-0.2, 0) is 0 Å². The molecule has 0 radical (unpaired) electrons. The Labute approximate surface area is 259 Å². The summed E-state index contributed by atoms with van der Waals surface area (Å²) in [5, 5.41) is 0.134. The van der Waals surface area contributed by atoms with Crippen LogP contribution in [-0.4, -0.2) is 59.8 Å². The first kappa shape index (κ1) is 29.6. The second kappa shape index (κ2) is 11.3. The van der Waals surface area contributed by atoms with Gasteiger partial charge in [0.1, 0.15) is 16.8 Å². The Morgan fingerprint density at radius 3 is 1.71 bits per heavy atom. The molecule has 0 aromatic carbocycles. The van der Waals surface area contributed by atoms with Crippen molar-refractivity contribution in [3.05, 3.63) is 43.2 Å². The van der Waals surface area contributed by atoms with E-state index in [4.69, 9.17) is 16.6 Å². The molecule has 2 aliphatic carbocycles. The number of piperidine rings is 2. The highest BCUT2D eigenvalue weighted by Gasteiger charge is 2.40. The quantitative estimate of drug-likeness (QED) is 0.164. The van der Waals surface area contributed by atoms with Gasteiger partial charge in [0.05, 0.1) is 14.7 Å². The summed E-state index contributed by atoms with van der Waals surface area (Å²) < 4.78 is 55.9. The molecule has 226 valence electrons. The molecule has 2 aromatic heterocycles. The fraction of sp³-hybridized carbons (Fsp3) is 0.571. The number of amides is 2. The molecule has 2 saturated heterocycles. The first-order valence-corrected chi connectivity index (χ1v) is 15.6. The molecular formula is C28H30ClF4IN6O2. The molecule has 6 rings (SSSR count). The highest BCUT2D eigenvalue weighted by molar-refractivity contribution is 14.1. The van der Waals surface area contributed by atoms with Crippen LogP contribution >= 0.6 is 34.2 Å². The van der Waals surface area contributed by atoms with Crippen molar-refractivity contribution in [3.8, 4) is 0 Å². The highest BCUT2D eigenvalue weighted by atomic mass is 127. The van der Waals surface area contributed by atoms with Crippen molar-refractivity contribution in [2.24, 2.45) is 0 Å². The molecule has 4 fully saturated rings. The van der Waals surface area contributed by atoms with E-state index < -0.39 is 23.7 Å². The van der Waals surface area contributed by atoms with Crippen LogP contribution in [0.5, 0.6) is 0 Å². The van der Waals surface area contributed by atoms with Crippen LogP contribution in [0.4, 0.5) is 29.2 Å². The zero-order chi connectivity index (χ0) is 29.8. The van der Waals surface area contributed by atoms with Crippen LogP contribution in [0.2, 0.25) is 5.15 Å². The van der Waals surface area contributed by atoms with Gasteiger partial charge in [0.2, 0.25) is 0 Å². The number of carbonyl (C=O) groups is 2. The van der Waals surface area contributed by atoms with Gasteiger partial charge in [-0.1, -0.05) is 11.6 Å². The van der Waals surface area contributed by atoms with Crippen molar-refractivity contribution in [3.63, 3.8) is 0 Å². The lowest BCUT2D eigenvalue weighted by atomic mass is 10.0. The van der Waals surface area contributed by atoms with Crippen molar-refractivity contribution >= 4 is 57.6 Å². The Bertz CT molecular complexity index is 1400. The van der Waals surface area contributed by atoms with Gasteiger partial charge in [0.25, 0.3) is 23.7 Å². The number of rotatable bonds is 6. The lowest BCUT2D eigenvalue weighted by Crippen LogP contribution is -2.45. The van der Waals surface area contributed by atoms with Crippen molar-refractivity contribution < 1.29 is 27.2 Å². The third kappa shape index (κ3) is 6.41. The van der Waals surface area contributed by atoms with E-state index in [1.807, 2.05) is 28.7 Å². The maximum absolute atomic E-state index is 13.9. The van der Waals surface area contributed by atoms with Crippen molar-refractivity contribution in [1.82, 2.24) is 20.8 Å². The molecule has 0 atom stereocenters. The highest BCUT2D eigenvalue weighted by Crippen LogP contribution is 2.49. The Hall–Kier alpha value is -2.42. The first-order chi connectivity index (χ1) is 19.9. The Morgan fingerprint density at radius 2 is 1.24 bits per heavy atom. The smallest absolute Gasteiger partial charge is 0.273 e. The number of hydrogen-bond donors (Lipinski definition) is 2. The Morgan fingerprint density at radius 1 is 0.786 bits per heavy atom. The lowest BCUT2D eigenvalue weighted by molar-refractivity contribution is -0.0228. The van der Waals surface area contributed by atoms with Crippen molar-refractivity contribution in [2.75, 3.05) is 36.0 Å². The maximum Gasteiger partial charge on any atom is 0.273 e. The SMILES string of the molecule is O=C(NNC(=O)c1cc(C2CC2)c(C2CC2)nc1N1CCC(F)(F)CC1)c1cc(I)c(Cl)nc1N1CCC(F)(F)CC1. The molecule has 4 heterocycles. The van der Waals surface area contributed by atoms with Crippen LogP contribution < -0.4 is 20.7 Å². The van der Waals surface area contributed by atoms with Gasteiger partial charge in [-0.15, -0.1) is 0 Å². The van der Waals surface area contributed by atoms with E-state index in [1.54, 1.807) is 9.80 Å². The first-order valence-electron chi connectivity index (χ1n) is 14.2. The number of nitrogens with one attached hydrogen (secondary N) is 2. The van der Waals surface area contributed by atoms with Crippen LogP contribution in [0.1, 0.15) is 95.2 Å². The fourth-order valence-corrected chi connectivity index (χ4v) is 6.12. The predicted molar refractivity (Wildman–Crippen MR) is 158 cm³/mol. The molecule has 0 bridgehead atoms. The summed E-state index contributed by atoms with van der Waals surface area (Å²) in [7, 11) is 0. The molecule has 2 aromatic rings. The van der Waals surface area contributed by atoms with Crippen LogP contribution in [0, 0.1) is 3.57 Å². The van der Waals surface area contributed by atoms with Gasteiger partial charge in [-0.2, -0.15) is 0 Å². The molecule has 42 heavy (non-hydrogen) atoms. The number of aromatic nitrogens is 2. The van der Waals surface area contributed by atoms with Crippen LogP contribution in [0.15, 0.2) is 12.1 Å². The second-order valence-electron chi connectivity index (χ2n) is 11.6. The third-order valence-corrected chi connectivity index (χ3v) is 9.75. The second-order valence-corrected chi connectivity index (χ2v) is 13.1. The molecule has 0 spiro atoms. The van der Waals surface area contributed by atoms with E-state index in [-0.39, 0.29) is 74.0 Å². The van der Waals surface area contributed by atoms with Gasteiger partial charge in [0.15, 0.2) is 0 Å². The minimum atomic E-state index is -2.79. The van der Waals surface area contributed by atoms with Gasteiger partial charge in [-0.05, 0) is 71.9 Å².